The largest absolute Gasteiger partial charge is 0.479 e. The highest BCUT2D eigenvalue weighted by molar-refractivity contribution is 5.75. The molecule has 15 heavy (non-hydrogen) atoms. The van der Waals surface area contributed by atoms with Crippen molar-refractivity contribution < 1.29 is 19.9 Å². The lowest BCUT2D eigenvalue weighted by Crippen LogP contribution is -2.11. The normalized spacial score (nSPS) is 12.1. The second kappa shape index (κ2) is 3.93. The molecule has 0 aliphatic rings. The van der Waals surface area contributed by atoms with Crippen molar-refractivity contribution in [2.75, 3.05) is 5.73 Å². The Morgan fingerprint density at radius 1 is 1.53 bits per heavy atom. The number of nitro groups is 1. The van der Waals surface area contributed by atoms with E-state index in [1.807, 2.05) is 0 Å². The van der Waals surface area contributed by atoms with E-state index in [2.05, 4.69) is 0 Å². The SMILES string of the molecule is Nc1ccc(C(O)C(=O)O)cc1[N+](=O)[O-]. The summed E-state index contributed by atoms with van der Waals surface area (Å²) in [5, 5.41) is 28.1. The van der Waals surface area contributed by atoms with Crippen molar-refractivity contribution in [2.24, 2.45) is 0 Å². The first-order valence-electron chi connectivity index (χ1n) is 3.88. The van der Waals surface area contributed by atoms with Gasteiger partial charge in [-0.3, -0.25) is 10.1 Å². The van der Waals surface area contributed by atoms with E-state index >= 15 is 0 Å². The van der Waals surface area contributed by atoms with Crippen LogP contribution in [-0.4, -0.2) is 21.1 Å². The zero-order chi connectivity index (χ0) is 11.6. The Morgan fingerprint density at radius 3 is 2.60 bits per heavy atom. The number of carbonyl (C=O) groups is 1. The molecule has 7 heteroatoms. The molecule has 0 aliphatic heterocycles. The molecule has 1 aromatic rings. The smallest absolute Gasteiger partial charge is 0.337 e. The van der Waals surface area contributed by atoms with Crippen molar-refractivity contribution in [1.82, 2.24) is 0 Å². The predicted octanol–water partition coefficient (Wildman–Crippen LogP) is 0.295. The first-order valence-corrected chi connectivity index (χ1v) is 3.88. The fourth-order valence-corrected chi connectivity index (χ4v) is 1.03. The number of anilines is 1. The van der Waals surface area contributed by atoms with Crippen molar-refractivity contribution in [3.63, 3.8) is 0 Å². The summed E-state index contributed by atoms with van der Waals surface area (Å²) in [6, 6.07) is 3.34. The maximum atomic E-state index is 10.5. The van der Waals surface area contributed by atoms with Gasteiger partial charge in [-0.2, -0.15) is 0 Å². The number of carboxylic acids is 1. The molecule has 0 saturated carbocycles. The van der Waals surface area contributed by atoms with Crippen LogP contribution in [-0.2, 0) is 4.79 Å². The van der Waals surface area contributed by atoms with Crippen LogP contribution in [0, 0.1) is 10.1 Å². The second-order valence-electron chi connectivity index (χ2n) is 2.82. The molecule has 0 fully saturated rings. The summed E-state index contributed by atoms with van der Waals surface area (Å²) < 4.78 is 0. The lowest BCUT2D eigenvalue weighted by atomic mass is 10.1. The van der Waals surface area contributed by atoms with Gasteiger partial charge in [0.05, 0.1) is 4.92 Å². The molecule has 7 nitrogen and oxygen atoms in total. The first-order chi connectivity index (χ1) is 6.93. The van der Waals surface area contributed by atoms with Gasteiger partial charge in [0.15, 0.2) is 6.10 Å². The van der Waals surface area contributed by atoms with Crippen molar-refractivity contribution >= 4 is 17.3 Å². The van der Waals surface area contributed by atoms with E-state index in [0.29, 0.717) is 0 Å². The molecule has 1 atom stereocenters. The maximum Gasteiger partial charge on any atom is 0.337 e. The molecule has 0 spiro atoms. The molecule has 1 rings (SSSR count). The van der Waals surface area contributed by atoms with Crippen LogP contribution in [0.1, 0.15) is 11.7 Å². The number of aliphatic hydroxyl groups is 1. The molecule has 0 amide bonds. The van der Waals surface area contributed by atoms with Crippen LogP contribution < -0.4 is 5.73 Å². The number of aliphatic hydroxyl groups excluding tert-OH is 1. The van der Waals surface area contributed by atoms with Crippen LogP contribution >= 0.6 is 0 Å². The number of nitrogen functional groups attached to an aromatic ring is 1. The van der Waals surface area contributed by atoms with E-state index in [9.17, 15) is 14.9 Å². The number of rotatable bonds is 3. The van der Waals surface area contributed by atoms with Gasteiger partial charge in [0.1, 0.15) is 5.69 Å². The van der Waals surface area contributed by atoms with Crippen molar-refractivity contribution in [3.05, 3.63) is 33.9 Å². The lowest BCUT2D eigenvalue weighted by Gasteiger charge is -2.05. The molecule has 1 aromatic carbocycles. The minimum Gasteiger partial charge on any atom is -0.479 e. The molecular weight excluding hydrogens is 204 g/mol. The van der Waals surface area contributed by atoms with Gasteiger partial charge in [-0.15, -0.1) is 0 Å². The monoisotopic (exact) mass is 212 g/mol. The predicted molar refractivity (Wildman–Crippen MR) is 50.1 cm³/mol. The van der Waals surface area contributed by atoms with Crippen molar-refractivity contribution in [3.8, 4) is 0 Å². The molecule has 0 saturated heterocycles. The van der Waals surface area contributed by atoms with Gasteiger partial charge in [-0.1, -0.05) is 6.07 Å². The van der Waals surface area contributed by atoms with Gasteiger partial charge in [-0.25, -0.2) is 4.79 Å². The van der Waals surface area contributed by atoms with Crippen molar-refractivity contribution in [2.45, 2.75) is 6.10 Å². The quantitative estimate of drug-likeness (QED) is 0.375. The molecule has 1 unspecified atom stereocenters. The van der Waals surface area contributed by atoms with Crippen LogP contribution in [0.2, 0.25) is 0 Å². The first kappa shape index (κ1) is 10.9. The number of nitrogens with two attached hydrogens (primary N) is 1. The molecule has 4 N–H and O–H groups in total. The fraction of sp³-hybridized carbons (Fsp3) is 0.125. The highest BCUT2D eigenvalue weighted by atomic mass is 16.6. The highest BCUT2D eigenvalue weighted by Gasteiger charge is 2.20. The summed E-state index contributed by atoms with van der Waals surface area (Å²) in [7, 11) is 0. The standard InChI is InChI=1S/C8H8N2O5/c9-5-2-1-4(7(11)8(12)13)3-6(5)10(14)15/h1-3,7,11H,9H2,(H,12,13). The minimum atomic E-state index is -1.79. The molecule has 0 heterocycles. The third-order valence-corrected chi connectivity index (χ3v) is 1.80. The summed E-state index contributed by atoms with van der Waals surface area (Å²) in [5.74, 6) is -1.48. The minimum absolute atomic E-state index is 0.0802. The van der Waals surface area contributed by atoms with Crippen LogP contribution in [0.3, 0.4) is 0 Å². The van der Waals surface area contributed by atoms with E-state index in [4.69, 9.17) is 15.9 Å². The van der Waals surface area contributed by atoms with Gasteiger partial charge in [0, 0.05) is 6.07 Å². The molecule has 0 bridgehead atoms. The third-order valence-electron chi connectivity index (χ3n) is 1.80. The van der Waals surface area contributed by atoms with Gasteiger partial charge in [-0.05, 0) is 11.6 Å². The van der Waals surface area contributed by atoms with Gasteiger partial charge < -0.3 is 15.9 Å². The van der Waals surface area contributed by atoms with Crippen LogP contribution in [0.5, 0.6) is 0 Å². The molecule has 80 valence electrons. The Labute approximate surface area is 83.9 Å². The summed E-state index contributed by atoms with van der Waals surface area (Å²) in [4.78, 5) is 20.1. The van der Waals surface area contributed by atoms with Gasteiger partial charge in [0.25, 0.3) is 5.69 Å². The summed E-state index contributed by atoms with van der Waals surface area (Å²) >= 11 is 0. The van der Waals surface area contributed by atoms with E-state index in [0.717, 1.165) is 6.07 Å². The number of aliphatic carboxylic acids is 1. The second-order valence-corrected chi connectivity index (χ2v) is 2.82. The Kier molecular flexibility index (Phi) is 2.86. The zero-order valence-corrected chi connectivity index (χ0v) is 7.45. The molecule has 0 radical (unpaired) electrons. The Morgan fingerprint density at radius 2 is 2.13 bits per heavy atom. The summed E-state index contributed by atoms with van der Waals surface area (Å²) in [5.41, 5.74) is 4.71. The number of benzene rings is 1. The van der Waals surface area contributed by atoms with Crippen LogP contribution in [0.25, 0.3) is 0 Å². The number of hydrogen-bond acceptors (Lipinski definition) is 5. The van der Waals surface area contributed by atoms with E-state index in [1.54, 1.807) is 0 Å². The topological polar surface area (TPSA) is 127 Å². The molecular formula is C8H8N2O5. The van der Waals surface area contributed by atoms with E-state index in [1.165, 1.54) is 12.1 Å². The average molecular weight is 212 g/mol. The molecule has 0 aliphatic carbocycles. The van der Waals surface area contributed by atoms with Gasteiger partial charge in [0.2, 0.25) is 0 Å². The zero-order valence-electron chi connectivity index (χ0n) is 7.45. The fourth-order valence-electron chi connectivity index (χ4n) is 1.03. The Bertz CT molecular complexity index is 417. The lowest BCUT2D eigenvalue weighted by molar-refractivity contribution is -0.384. The van der Waals surface area contributed by atoms with Crippen LogP contribution in [0.4, 0.5) is 11.4 Å². The van der Waals surface area contributed by atoms with Crippen LogP contribution in [0.15, 0.2) is 18.2 Å². The number of nitrogens with zero attached hydrogens (tertiary/aromatic N) is 1. The highest BCUT2D eigenvalue weighted by Crippen LogP contribution is 2.25. The Hall–Kier alpha value is -2.15. The Balaban J connectivity index is 3.18. The van der Waals surface area contributed by atoms with Crippen molar-refractivity contribution in [1.29, 1.82) is 0 Å². The number of nitro benzene ring substituents is 1. The van der Waals surface area contributed by atoms with E-state index < -0.39 is 22.7 Å². The summed E-state index contributed by atoms with van der Waals surface area (Å²) in [6.07, 6.45) is -1.79. The van der Waals surface area contributed by atoms with E-state index in [-0.39, 0.29) is 11.3 Å². The maximum absolute atomic E-state index is 10.5. The average Bonchev–Trinajstić information content (AvgIpc) is 2.16. The van der Waals surface area contributed by atoms with Gasteiger partial charge >= 0.3 is 5.97 Å². The summed E-state index contributed by atoms with van der Waals surface area (Å²) in [6.45, 7) is 0. The molecule has 0 aromatic heterocycles. The number of carboxylic acid groups (broad SMARTS) is 1. The third kappa shape index (κ3) is 2.20. The number of hydrogen-bond donors (Lipinski definition) is 3.